The summed E-state index contributed by atoms with van der Waals surface area (Å²) in [4.78, 5) is 30.8. The number of nitrogens with zero attached hydrogens (tertiary/aromatic N) is 2. The second-order valence-corrected chi connectivity index (χ2v) is 6.77. The molecular formula is C22H23N3O3. The van der Waals surface area contributed by atoms with Crippen molar-refractivity contribution in [3.63, 3.8) is 0 Å². The molecule has 0 aliphatic rings. The number of anilines is 1. The molecule has 1 aromatic heterocycles. The molecule has 3 rings (SSSR count). The number of oxazole rings is 1. The van der Waals surface area contributed by atoms with E-state index in [4.69, 9.17) is 4.42 Å². The molecule has 3 aromatic rings. The first-order valence-corrected chi connectivity index (χ1v) is 9.01. The molecule has 0 fully saturated rings. The summed E-state index contributed by atoms with van der Waals surface area (Å²) in [5, 5.41) is 2.88. The lowest BCUT2D eigenvalue weighted by Crippen LogP contribution is -2.35. The van der Waals surface area contributed by atoms with E-state index < -0.39 is 0 Å². The van der Waals surface area contributed by atoms with Gasteiger partial charge in [0.15, 0.2) is 5.69 Å². The molecule has 0 aliphatic heterocycles. The Morgan fingerprint density at radius 3 is 2.29 bits per heavy atom. The smallest absolute Gasteiger partial charge is 0.276 e. The van der Waals surface area contributed by atoms with Crippen molar-refractivity contribution >= 4 is 17.5 Å². The number of amides is 2. The molecule has 0 atom stereocenters. The fourth-order valence-electron chi connectivity index (χ4n) is 2.96. The van der Waals surface area contributed by atoms with Gasteiger partial charge in [0.25, 0.3) is 5.91 Å². The highest BCUT2D eigenvalue weighted by Gasteiger charge is 2.23. The van der Waals surface area contributed by atoms with Gasteiger partial charge in [-0.25, -0.2) is 4.98 Å². The third-order valence-electron chi connectivity index (χ3n) is 4.49. The topological polar surface area (TPSA) is 75.4 Å². The average Bonchev–Trinajstić information content (AvgIpc) is 3.06. The molecule has 2 aromatic carbocycles. The lowest BCUT2D eigenvalue weighted by atomic mass is 10.1. The second-order valence-electron chi connectivity index (χ2n) is 6.77. The molecule has 0 bridgehead atoms. The van der Waals surface area contributed by atoms with E-state index in [1.165, 1.54) is 4.90 Å². The first kappa shape index (κ1) is 19.4. The van der Waals surface area contributed by atoms with Crippen molar-refractivity contribution in [2.45, 2.75) is 20.8 Å². The SMILES string of the molecule is Cc1cccc(C)c1NC(=O)CN(C)C(=O)c1nc(-c2ccccc2)oc1C. The lowest BCUT2D eigenvalue weighted by molar-refractivity contribution is -0.116. The Bertz CT molecular complexity index is 989. The highest BCUT2D eigenvalue weighted by Crippen LogP contribution is 2.22. The molecule has 1 heterocycles. The van der Waals surface area contributed by atoms with E-state index in [9.17, 15) is 9.59 Å². The van der Waals surface area contributed by atoms with E-state index in [1.54, 1.807) is 14.0 Å². The van der Waals surface area contributed by atoms with Crippen LogP contribution in [0.5, 0.6) is 0 Å². The zero-order valence-corrected chi connectivity index (χ0v) is 16.4. The Hall–Kier alpha value is -3.41. The van der Waals surface area contributed by atoms with Crippen molar-refractivity contribution in [1.82, 2.24) is 9.88 Å². The van der Waals surface area contributed by atoms with E-state index in [-0.39, 0.29) is 24.1 Å². The van der Waals surface area contributed by atoms with Crippen LogP contribution < -0.4 is 5.32 Å². The highest BCUT2D eigenvalue weighted by molar-refractivity contribution is 5.99. The van der Waals surface area contributed by atoms with E-state index in [0.717, 1.165) is 22.4 Å². The third kappa shape index (κ3) is 4.11. The normalized spacial score (nSPS) is 10.6. The minimum Gasteiger partial charge on any atom is -0.441 e. The number of hydrogen-bond donors (Lipinski definition) is 1. The predicted octanol–water partition coefficient (Wildman–Crippen LogP) is 3.98. The summed E-state index contributed by atoms with van der Waals surface area (Å²) >= 11 is 0. The van der Waals surface area contributed by atoms with Gasteiger partial charge in [0.1, 0.15) is 5.76 Å². The van der Waals surface area contributed by atoms with Crippen LogP contribution in [0.1, 0.15) is 27.4 Å². The molecule has 1 N–H and O–H groups in total. The molecular weight excluding hydrogens is 354 g/mol. The molecule has 28 heavy (non-hydrogen) atoms. The number of benzene rings is 2. The standard InChI is InChI=1S/C22H23N3O3/c1-14-9-8-10-15(2)19(14)23-18(26)13-25(4)22(27)20-16(3)28-21(24-20)17-11-6-5-7-12-17/h5-12H,13H2,1-4H3,(H,23,26). The first-order valence-electron chi connectivity index (χ1n) is 9.01. The van der Waals surface area contributed by atoms with Gasteiger partial charge in [-0.3, -0.25) is 9.59 Å². The Labute approximate surface area is 164 Å². The zero-order chi connectivity index (χ0) is 20.3. The second kappa shape index (κ2) is 8.08. The van der Waals surface area contributed by atoms with Crippen molar-refractivity contribution < 1.29 is 14.0 Å². The summed E-state index contributed by atoms with van der Waals surface area (Å²) < 4.78 is 5.64. The molecule has 0 radical (unpaired) electrons. The molecule has 0 aliphatic carbocycles. The Balaban J connectivity index is 1.71. The van der Waals surface area contributed by atoms with Gasteiger partial charge in [0, 0.05) is 18.3 Å². The monoisotopic (exact) mass is 377 g/mol. The number of nitrogens with one attached hydrogen (secondary N) is 1. The summed E-state index contributed by atoms with van der Waals surface area (Å²) in [6.07, 6.45) is 0. The van der Waals surface area contributed by atoms with E-state index in [2.05, 4.69) is 10.3 Å². The summed E-state index contributed by atoms with van der Waals surface area (Å²) in [6.45, 7) is 5.47. The minimum absolute atomic E-state index is 0.0838. The fourth-order valence-corrected chi connectivity index (χ4v) is 2.96. The molecule has 144 valence electrons. The van der Waals surface area contributed by atoms with Crippen LogP contribution in [0, 0.1) is 20.8 Å². The number of para-hydroxylation sites is 1. The maximum atomic E-state index is 12.8. The van der Waals surface area contributed by atoms with Crippen LogP contribution >= 0.6 is 0 Å². The molecule has 0 saturated heterocycles. The molecule has 6 heteroatoms. The molecule has 2 amide bonds. The van der Waals surface area contributed by atoms with Crippen molar-refractivity contribution in [1.29, 1.82) is 0 Å². The van der Waals surface area contributed by atoms with Gasteiger partial charge in [-0.15, -0.1) is 0 Å². The molecule has 6 nitrogen and oxygen atoms in total. The van der Waals surface area contributed by atoms with Crippen LogP contribution in [-0.4, -0.2) is 35.3 Å². The van der Waals surface area contributed by atoms with Crippen LogP contribution in [0.15, 0.2) is 52.9 Å². The van der Waals surface area contributed by atoms with Gasteiger partial charge in [0.2, 0.25) is 11.8 Å². The van der Waals surface area contributed by atoms with Gasteiger partial charge >= 0.3 is 0 Å². The molecule has 0 unspecified atom stereocenters. The Kier molecular flexibility index (Phi) is 5.59. The number of rotatable bonds is 5. The summed E-state index contributed by atoms with van der Waals surface area (Å²) in [7, 11) is 1.57. The van der Waals surface area contributed by atoms with E-state index in [1.807, 2.05) is 62.4 Å². The maximum absolute atomic E-state index is 12.8. The van der Waals surface area contributed by atoms with Crippen LogP contribution in [0.2, 0.25) is 0 Å². The highest BCUT2D eigenvalue weighted by atomic mass is 16.4. The summed E-state index contributed by atoms with van der Waals surface area (Å²) in [6, 6.07) is 15.2. The largest absolute Gasteiger partial charge is 0.441 e. The predicted molar refractivity (Wildman–Crippen MR) is 108 cm³/mol. The van der Waals surface area contributed by atoms with Gasteiger partial charge in [-0.1, -0.05) is 36.4 Å². The minimum atomic E-state index is -0.361. The number of likely N-dealkylation sites (N-methyl/N-ethyl adjacent to an activating group) is 1. The number of aryl methyl sites for hydroxylation is 3. The summed E-state index contributed by atoms with van der Waals surface area (Å²) in [5.41, 5.74) is 3.72. The van der Waals surface area contributed by atoms with Gasteiger partial charge in [0.05, 0.1) is 6.54 Å². The van der Waals surface area contributed by atoms with E-state index in [0.29, 0.717) is 11.7 Å². The van der Waals surface area contributed by atoms with Crippen molar-refractivity contribution in [3.8, 4) is 11.5 Å². The fraction of sp³-hybridized carbons (Fsp3) is 0.227. The maximum Gasteiger partial charge on any atom is 0.276 e. The van der Waals surface area contributed by atoms with Crippen molar-refractivity contribution in [2.75, 3.05) is 18.9 Å². The van der Waals surface area contributed by atoms with Gasteiger partial charge < -0.3 is 14.6 Å². The van der Waals surface area contributed by atoms with Crippen LogP contribution in [0.25, 0.3) is 11.5 Å². The Morgan fingerprint density at radius 2 is 1.64 bits per heavy atom. The first-order chi connectivity index (χ1) is 13.4. The molecule has 0 saturated carbocycles. The Morgan fingerprint density at radius 1 is 1.00 bits per heavy atom. The van der Waals surface area contributed by atoms with Gasteiger partial charge in [-0.05, 0) is 44.0 Å². The zero-order valence-electron chi connectivity index (χ0n) is 16.4. The summed E-state index contributed by atoms with van der Waals surface area (Å²) in [5.74, 6) is 0.179. The third-order valence-corrected chi connectivity index (χ3v) is 4.49. The number of carbonyl (C=O) groups excluding carboxylic acids is 2. The van der Waals surface area contributed by atoms with Crippen LogP contribution in [0.3, 0.4) is 0 Å². The average molecular weight is 377 g/mol. The molecule has 0 spiro atoms. The van der Waals surface area contributed by atoms with Gasteiger partial charge in [-0.2, -0.15) is 0 Å². The van der Waals surface area contributed by atoms with Crippen LogP contribution in [-0.2, 0) is 4.79 Å². The van der Waals surface area contributed by atoms with E-state index >= 15 is 0 Å². The number of hydrogen-bond acceptors (Lipinski definition) is 4. The quantitative estimate of drug-likeness (QED) is 0.730. The van der Waals surface area contributed by atoms with Crippen LogP contribution in [0.4, 0.5) is 5.69 Å². The van der Waals surface area contributed by atoms with Crippen molar-refractivity contribution in [3.05, 3.63) is 71.1 Å². The number of carbonyl (C=O) groups is 2. The number of aromatic nitrogens is 1. The van der Waals surface area contributed by atoms with Crippen molar-refractivity contribution in [2.24, 2.45) is 0 Å². The lowest BCUT2D eigenvalue weighted by Gasteiger charge is -2.17.